The molecule has 1 aromatic rings. The Morgan fingerprint density at radius 3 is 2.91 bits per heavy atom. The van der Waals surface area contributed by atoms with Crippen LogP contribution in [0.25, 0.3) is 0 Å². The van der Waals surface area contributed by atoms with E-state index in [1.54, 1.807) is 19.1 Å². The maximum absolute atomic E-state index is 12.3. The van der Waals surface area contributed by atoms with Crippen molar-refractivity contribution in [3.05, 3.63) is 39.4 Å². The number of carbonyl (C=O) groups excluding carboxylic acids is 1. The first-order valence-corrected chi connectivity index (χ1v) is 8.01. The minimum atomic E-state index is -0.416. The van der Waals surface area contributed by atoms with Crippen LogP contribution in [0.1, 0.15) is 43.7 Å². The summed E-state index contributed by atoms with van der Waals surface area (Å²) in [6.45, 7) is 3.88. The summed E-state index contributed by atoms with van der Waals surface area (Å²) in [6.07, 6.45) is 6.11. The van der Waals surface area contributed by atoms with Crippen molar-refractivity contribution >= 4 is 17.8 Å². The zero-order valence-electron chi connectivity index (χ0n) is 13.4. The number of benzene rings is 1. The highest BCUT2D eigenvalue weighted by molar-refractivity contribution is 5.86. The van der Waals surface area contributed by atoms with Crippen LogP contribution in [0.5, 0.6) is 0 Å². The van der Waals surface area contributed by atoms with Gasteiger partial charge in [-0.15, -0.1) is 0 Å². The SMILES string of the molecule is Cc1ccc(/C=N\NC(=O)[C@@H]2[C@@H]3CCCC[C@@]23C)cc1[N+](=O)[O-]. The van der Waals surface area contributed by atoms with Crippen LogP contribution in [0.15, 0.2) is 23.3 Å². The van der Waals surface area contributed by atoms with Gasteiger partial charge >= 0.3 is 0 Å². The number of nitrogens with zero attached hydrogens (tertiary/aromatic N) is 2. The van der Waals surface area contributed by atoms with E-state index in [1.807, 2.05) is 0 Å². The molecule has 3 rings (SSSR count). The van der Waals surface area contributed by atoms with E-state index in [-0.39, 0.29) is 22.9 Å². The summed E-state index contributed by atoms with van der Waals surface area (Å²) in [6, 6.07) is 4.89. The summed E-state index contributed by atoms with van der Waals surface area (Å²) < 4.78 is 0. The lowest BCUT2D eigenvalue weighted by Crippen LogP contribution is -2.22. The molecule has 2 aliphatic carbocycles. The van der Waals surface area contributed by atoms with Crippen LogP contribution < -0.4 is 5.43 Å². The van der Waals surface area contributed by atoms with Gasteiger partial charge in [0.05, 0.1) is 11.1 Å². The Labute approximate surface area is 135 Å². The largest absolute Gasteiger partial charge is 0.273 e. The van der Waals surface area contributed by atoms with E-state index in [9.17, 15) is 14.9 Å². The Balaban J connectivity index is 1.62. The van der Waals surface area contributed by atoms with E-state index >= 15 is 0 Å². The molecule has 0 heterocycles. The third kappa shape index (κ3) is 2.85. The van der Waals surface area contributed by atoms with Gasteiger partial charge in [-0.05, 0) is 31.1 Å². The molecule has 0 bridgehead atoms. The van der Waals surface area contributed by atoms with E-state index in [0.717, 1.165) is 12.8 Å². The Morgan fingerprint density at radius 2 is 2.26 bits per heavy atom. The number of amides is 1. The normalized spacial score (nSPS) is 29.1. The minimum absolute atomic E-state index is 0.0303. The Bertz CT molecular complexity index is 686. The van der Waals surface area contributed by atoms with Crippen molar-refractivity contribution < 1.29 is 9.72 Å². The Kier molecular flexibility index (Phi) is 3.92. The number of hydrogen-bond acceptors (Lipinski definition) is 4. The molecule has 0 saturated heterocycles. The second-order valence-electron chi connectivity index (χ2n) is 6.87. The van der Waals surface area contributed by atoms with Gasteiger partial charge in [0.25, 0.3) is 5.69 Å². The van der Waals surface area contributed by atoms with Crippen molar-refractivity contribution in [3.8, 4) is 0 Å². The molecule has 6 nitrogen and oxygen atoms in total. The molecule has 0 spiro atoms. The van der Waals surface area contributed by atoms with Crippen molar-refractivity contribution in [2.24, 2.45) is 22.4 Å². The van der Waals surface area contributed by atoms with Crippen molar-refractivity contribution in [1.82, 2.24) is 5.43 Å². The summed E-state index contributed by atoms with van der Waals surface area (Å²) >= 11 is 0. The summed E-state index contributed by atoms with van der Waals surface area (Å²) in [7, 11) is 0. The quantitative estimate of drug-likeness (QED) is 0.526. The number of carbonyl (C=O) groups is 1. The lowest BCUT2D eigenvalue weighted by atomic mass is 9.90. The molecule has 122 valence electrons. The summed E-state index contributed by atoms with van der Waals surface area (Å²) in [5, 5.41) is 14.9. The summed E-state index contributed by atoms with van der Waals surface area (Å²) in [5.74, 6) is 0.527. The van der Waals surface area contributed by atoms with Crippen LogP contribution in [0.3, 0.4) is 0 Å². The molecule has 3 atom stereocenters. The summed E-state index contributed by atoms with van der Waals surface area (Å²) in [5.41, 5.74) is 4.01. The van der Waals surface area contributed by atoms with E-state index in [4.69, 9.17) is 0 Å². The van der Waals surface area contributed by atoms with Crippen LogP contribution in [0.2, 0.25) is 0 Å². The fourth-order valence-electron chi connectivity index (χ4n) is 3.99. The number of nitro benzene ring substituents is 1. The van der Waals surface area contributed by atoms with Gasteiger partial charge in [0.2, 0.25) is 5.91 Å². The molecule has 0 aromatic heterocycles. The van der Waals surface area contributed by atoms with Gasteiger partial charge < -0.3 is 0 Å². The summed E-state index contributed by atoms with van der Waals surface area (Å²) in [4.78, 5) is 22.8. The van der Waals surface area contributed by atoms with E-state index in [2.05, 4.69) is 17.5 Å². The van der Waals surface area contributed by atoms with Crippen molar-refractivity contribution in [2.45, 2.75) is 39.5 Å². The fraction of sp³-hybridized carbons (Fsp3) is 0.529. The third-order valence-corrected chi connectivity index (χ3v) is 5.43. The average Bonchev–Trinajstić information content (AvgIpc) is 3.14. The zero-order valence-corrected chi connectivity index (χ0v) is 13.4. The topological polar surface area (TPSA) is 84.6 Å². The number of hydrazone groups is 1. The molecule has 1 N–H and O–H groups in total. The first-order chi connectivity index (χ1) is 10.9. The van der Waals surface area contributed by atoms with E-state index in [1.165, 1.54) is 25.1 Å². The van der Waals surface area contributed by atoms with Gasteiger partial charge in [-0.25, -0.2) is 5.43 Å². The first-order valence-electron chi connectivity index (χ1n) is 8.01. The molecular weight excluding hydrogens is 294 g/mol. The molecule has 0 unspecified atom stereocenters. The van der Waals surface area contributed by atoms with Gasteiger partial charge in [0.15, 0.2) is 0 Å². The van der Waals surface area contributed by atoms with Crippen molar-refractivity contribution in [2.75, 3.05) is 0 Å². The highest BCUT2D eigenvalue weighted by Crippen LogP contribution is 2.66. The van der Waals surface area contributed by atoms with Gasteiger partial charge in [0, 0.05) is 23.1 Å². The smallest absolute Gasteiger partial charge is 0.272 e. The van der Waals surface area contributed by atoms with Crippen molar-refractivity contribution in [1.29, 1.82) is 0 Å². The highest BCUT2D eigenvalue weighted by atomic mass is 16.6. The second-order valence-corrected chi connectivity index (χ2v) is 6.87. The molecule has 1 aromatic carbocycles. The molecule has 0 aliphatic heterocycles. The predicted molar refractivity (Wildman–Crippen MR) is 87.1 cm³/mol. The molecule has 23 heavy (non-hydrogen) atoms. The van der Waals surface area contributed by atoms with Crippen molar-refractivity contribution in [3.63, 3.8) is 0 Å². The molecule has 2 aliphatic rings. The number of nitro groups is 1. The average molecular weight is 315 g/mol. The van der Waals surface area contributed by atoms with Crippen LogP contribution in [-0.2, 0) is 4.79 Å². The molecule has 2 fully saturated rings. The predicted octanol–water partition coefficient (Wildman–Crippen LogP) is 3.18. The van der Waals surface area contributed by atoms with Crippen LogP contribution >= 0.6 is 0 Å². The third-order valence-electron chi connectivity index (χ3n) is 5.43. The molecule has 0 radical (unpaired) electrons. The molecule has 1 amide bonds. The number of fused-ring (bicyclic) bond motifs is 1. The lowest BCUT2D eigenvalue weighted by Gasteiger charge is -2.15. The Morgan fingerprint density at radius 1 is 1.48 bits per heavy atom. The number of rotatable bonds is 4. The lowest BCUT2D eigenvalue weighted by molar-refractivity contribution is -0.385. The monoisotopic (exact) mass is 315 g/mol. The maximum atomic E-state index is 12.3. The highest BCUT2D eigenvalue weighted by Gasteiger charge is 2.64. The standard InChI is InChI=1S/C17H21N3O3/c1-11-6-7-12(9-14(11)20(22)23)10-18-19-16(21)15-13-5-3-4-8-17(13,15)2/h6-7,9-10,13,15H,3-5,8H2,1-2H3,(H,19,21)/b18-10-/t13-,15-,17+/m0/s1. The van der Waals surface area contributed by atoms with Gasteiger partial charge in [-0.3, -0.25) is 14.9 Å². The number of hydrogen-bond donors (Lipinski definition) is 1. The van der Waals surface area contributed by atoms with Crippen LogP contribution in [-0.4, -0.2) is 17.0 Å². The molecule has 2 saturated carbocycles. The number of aryl methyl sites for hydroxylation is 1. The fourth-order valence-corrected chi connectivity index (χ4v) is 3.99. The maximum Gasteiger partial charge on any atom is 0.272 e. The first kappa shape index (κ1) is 15.6. The zero-order chi connectivity index (χ0) is 16.6. The van der Waals surface area contributed by atoms with E-state index in [0.29, 0.717) is 17.0 Å². The minimum Gasteiger partial charge on any atom is -0.273 e. The molecular formula is C17H21N3O3. The second kappa shape index (κ2) is 5.76. The van der Waals surface area contributed by atoms with Crippen LogP contribution in [0.4, 0.5) is 5.69 Å². The van der Waals surface area contributed by atoms with Gasteiger partial charge in [-0.2, -0.15) is 5.10 Å². The van der Waals surface area contributed by atoms with Gasteiger partial charge in [0.1, 0.15) is 0 Å². The van der Waals surface area contributed by atoms with Crippen LogP contribution in [0, 0.1) is 34.3 Å². The van der Waals surface area contributed by atoms with E-state index < -0.39 is 4.92 Å². The Hall–Kier alpha value is -2.24. The van der Waals surface area contributed by atoms with Gasteiger partial charge in [-0.1, -0.05) is 31.9 Å². The molecule has 6 heteroatoms. The number of nitrogens with one attached hydrogen (secondary N) is 1.